The number of benzene rings is 1. The maximum absolute atomic E-state index is 11.6. The first-order chi connectivity index (χ1) is 9.29. The lowest BCUT2D eigenvalue weighted by Crippen LogP contribution is -2.17. The van der Waals surface area contributed by atoms with E-state index in [2.05, 4.69) is 34.1 Å². The van der Waals surface area contributed by atoms with E-state index in [-0.39, 0.29) is 5.69 Å². The predicted octanol–water partition coefficient (Wildman–Crippen LogP) is 2.20. The van der Waals surface area contributed by atoms with Crippen LogP contribution in [0.15, 0.2) is 46.5 Å². The molecule has 1 aromatic carbocycles. The van der Waals surface area contributed by atoms with Crippen LogP contribution in [0.4, 0.5) is 0 Å². The van der Waals surface area contributed by atoms with Crippen LogP contribution in [-0.2, 0) is 0 Å². The highest BCUT2D eigenvalue weighted by molar-refractivity contribution is 7.99. The Bertz CT molecular complexity index is 760. The number of thioether (sulfide) groups is 1. The Morgan fingerprint density at radius 1 is 1.32 bits per heavy atom. The van der Waals surface area contributed by atoms with Gasteiger partial charge in [-0.05, 0) is 23.4 Å². The molecule has 0 saturated carbocycles. The van der Waals surface area contributed by atoms with Crippen LogP contribution < -0.4 is 5.69 Å². The summed E-state index contributed by atoms with van der Waals surface area (Å²) in [6, 6.07) is 8.19. The van der Waals surface area contributed by atoms with E-state index < -0.39 is 0 Å². The molecular weight excluding hydrogens is 260 g/mol. The van der Waals surface area contributed by atoms with Gasteiger partial charge in [-0.15, -0.1) is 11.8 Å². The highest BCUT2D eigenvalue weighted by Gasteiger charge is 2.09. The Morgan fingerprint density at radius 3 is 2.84 bits per heavy atom. The van der Waals surface area contributed by atoms with E-state index in [1.807, 2.05) is 12.1 Å². The van der Waals surface area contributed by atoms with Gasteiger partial charge in [0.2, 0.25) is 0 Å². The molecule has 0 aliphatic rings. The number of aromatic nitrogens is 4. The zero-order chi connectivity index (χ0) is 13.2. The highest BCUT2D eigenvalue weighted by Crippen LogP contribution is 2.25. The number of fused-ring (bicyclic) bond motifs is 1. The summed E-state index contributed by atoms with van der Waals surface area (Å²) < 4.78 is 1.27. The Kier molecular flexibility index (Phi) is 3.08. The van der Waals surface area contributed by atoms with Crippen molar-refractivity contribution in [3.63, 3.8) is 0 Å². The minimum Gasteiger partial charge on any atom is -0.296 e. The molecule has 0 amide bonds. The van der Waals surface area contributed by atoms with E-state index in [4.69, 9.17) is 0 Å². The Balaban J connectivity index is 2.09. The number of aromatic amines is 1. The molecule has 19 heavy (non-hydrogen) atoms. The molecule has 0 unspecified atom stereocenters. The van der Waals surface area contributed by atoms with Crippen molar-refractivity contribution < 1.29 is 0 Å². The van der Waals surface area contributed by atoms with E-state index in [1.54, 1.807) is 18.0 Å². The number of nitrogens with zero attached hydrogens (tertiary/aromatic N) is 3. The minimum atomic E-state index is -0.283. The first kappa shape index (κ1) is 12.0. The fourth-order valence-corrected chi connectivity index (χ4v) is 2.59. The van der Waals surface area contributed by atoms with Crippen molar-refractivity contribution in [1.82, 2.24) is 19.6 Å². The normalized spacial score (nSPS) is 11.0. The molecule has 0 radical (unpaired) electrons. The van der Waals surface area contributed by atoms with Crippen LogP contribution in [-0.4, -0.2) is 25.3 Å². The summed E-state index contributed by atoms with van der Waals surface area (Å²) in [6.07, 6.45) is 3.06. The van der Waals surface area contributed by atoms with E-state index in [9.17, 15) is 4.79 Å². The molecule has 6 heteroatoms. The SMILES string of the molecule is CCSc1ccc(-c2cnn3c(=O)[nH]cnc23)cc1. The number of hydrogen-bond donors (Lipinski definition) is 1. The molecule has 1 N–H and O–H groups in total. The fraction of sp³-hybridized carbons (Fsp3) is 0.154. The second-order valence-electron chi connectivity index (χ2n) is 3.96. The second kappa shape index (κ2) is 4.89. The smallest absolute Gasteiger partial charge is 0.296 e. The van der Waals surface area contributed by atoms with Crippen molar-refractivity contribution in [1.29, 1.82) is 0 Å². The zero-order valence-corrected chi connectivity index (χ0v) is 11.1. The topological polar surface area (TPSA) is 63.1 Å². The van der Waals surface area contributed by atoms with Gasteiger partial charge in [0.1, 0.15) is 0 Å². The molecular formula is C13H12N4OS. The number of rotatable bonds is 3. The van der Waals surface area contributed by atoms with Crippen molar-refractivity contribution in [2.75, 3.05) is 5.75 Å². The molecule has 3 rings (SSSR count). The monoisotopic (exact) mass is 272 g/mol. The van der Waals surface area contributed by atoms with E-state index in [0.29, 0.717) is 5.65 Å². The summed E-state index contributed by atoms with van der Waals surface area (Å²) in [4.78, 5) is 19.5. The summed E-state index contributed by atoms with van der Waals surface area (Å²) in [5.74, 6) is 1.05. The first-order valence-electron chi connectivity index (χ1n) is 5.94. The summed E-state index contributed by atoms with van der Waals surface area (Å²) in [5.41, 5.74) is 2.15. The fourth-order valence-electron chi connectivity index (χ4n) is 1.93. The zero-order valence-electron chi connectivity index (χ0n) is 10.3. The van der Waals surface area contributed by atoms with Crippen LogP contribution in [0, 0.1) is 0 Å². The maximum atomic E-state index is 11.6. The van der Waals surface area contributed by atoms with E-state index in [0.717, 1.165) is 16.9 Å². The van der Waals surface area contributed by atoms with Crippen LogP contribution in [0.3, 0.4) is 0 Å². The molecule has 0 atom stereocenters. The third-order valence-corrected chi connectivity index (χ3v) is 3.68. The van der Waals surface area contributed by atoms with Crippen LogP contribution in [0.5, 0.6) is 0 Å². The largest absolute Gasteiger partial charge is 0.349 e. The van der Waals surface area contributed by atoms with Gasteiger partial charge in [-0.25, -0.2) is 9.78 Å². The Morgan fingerprint density at radius 2 is 2.11 bits per heavy atom. The standard InChI is InChI=1S/C13H12N4OS/c1-2-19-10-5-3-9(4-6-10)11-7-16-17-12(11)14-8-15-13(17)18/h3-8H,2H2,1H3,(H,14,15,18). The maximum Gasteiger partial charge on any atom is 0.349 e. The summed E-state index contributed by atoms with van der Waals surface area (Å²) in [6.45, 7) is 2.13. The van der Waals surface area contributed by atoms with Crippen LogP contribution >= 0.6 is 11.8 Å². The average molecular weight is 272 g/mol. The van der Waals surface area contributed by atoms with Crippen molar-refractivity contribution in [2.45, 2.75) is 11.8 Å². The van der Waals surface area contributed by atoms with Crippen LogP contribution in [0.2, 0.25) is 0 Å². The van der Waals surface area contributed by atoms with Crippen molar-refractivity contribution in [2.24, 2.45) is 0 Å². The van der Waals surface area contributed by atoms with E-state index >= 15 is 0 Å². The summed E-state index contributed by atoms with van der Waals surface area (Å²) in [7, 11) is 0. The van der Waals surface area contributed by atoms with Crippen molar-refractivity contribution in [3.05, 3.63) is 47.3 Å². The van der Waals surface area contributed by atoms with Gasteiger partial charge < -0.3 is 0 Å². The predicted molar refractivity (Wildman–Crippen MR) is 75.4 cm³/mol. The molecule has 2 aromatic heterocycles. The van der Waals surface area contributed by atoms with Crippen LogP contribution in [0.1, 0.15) is 6.92 Å². The average Bonchev–Trinajstić information content (AvgIpc) is 2.85. The van der Waals surface area contributed by atoms with Gasteiger partial charge in [0.25, 0.3) is 0 Å². The third-order valence-electron chi connectivity index (χ3n) is 2.79. The lowest BCUT2D eigenvalue weighted by atomic mass is 10.1. The second-order valence-corrected chi connectivity index (χ2v) is 5.30. The van der Waals surface area contributed by atoms with Gasteiger partial charge in [-0.1, -0.05) is 19.1 Å². The van der Waals surface area contributed by atoms with Crippen molar-refractivity contribution in [3.8, 4) is 11.1 Å². The number of H-pyrrole nitrogens is 1. The Hall–Kier alpha value is -2.08. The minimum absolute atomic E-state index is 0.283. The molecule has 0 saturated heterocycles. The molecule has 0 spiro atoms. The molecule has 0 fully saturated rings. The third kappa shape index (κ3) is 2.15. The van der Waals surface area contributed by atoms with Crippen molar-refractivity contribution >= 4 is 17.4 Å². The lowest BCUT2D eigenvalue weighted by molar-refractivity contribution is 0.840. The molecule has 5 nitrogen and oxygen atoms in total. The van der Waals surface area contributed by atoms with Gasteiger partial charge in [0, 0.05) is 10.5 Å². The lowest BCUT2D eigenvalue weighted by Gasteiger charge is -2.01. The molecule has 0 aliphatic carbocycles. The Labute approximate surface area is 113 Å². The molecule has 2 heterocycles. The summed E-state index contributed by atoms with van der Waals surface area (Å²) in [5, 5.41) is 4.06. The molecule has 3 aromatic rings. The summed E-state index contributed by atoms with van der Waals surface area (Å²) >= 11 is 1.80. The van der Waals surface area contributed by atoms with Gasteiger partial charge in [0.15, 0.2) is 5.65 Å². The highest BCUT2D eigenvalue weighted by atomic mass is 32.2. The van der Waals surface area contributed by atoms with Gasteiger partial charge in [-0.2, -0.15) is 9.61 Å². The van der Waals surface area contributed by atoms with Crippen LogP contribution in [0.25, 0.3) is 16.8 Å². The van der Waals surface area contributed by atoms with Gasteiger partial charge in [0.05, 0.1) is 12.5 Å². The molecule has 96 valence electrons. The quantitative estimate of drug-likeness (QED) is 0.742. The van der Waals surface area contributed by atoms with Gasteiger partial charge >= 0.3 is 5.69 Å². The first-order valence-corrected chi connectivity index (χ1v) is 6.93. The molecule has 0 bridgehead atoms. The van der Waals surface area contributed by atoms with E-state index in [1.165, 1.54) is 15.7 Å². The number of hydrogen-bond acceptors (Lipinski definition) is 4. The molecule has 0 aliphatic heterocycles. The number of nitrogens with one attached hydrogen (secondary N) is 1. The van der Waals surface area contributed by atoms with Gasteiger partial charge in [-0.3, -0.25) is 4.98 Å².